The lowest BCUT2D eigenvalue weighted by Crippen LogP contribution is -2.43. The summed E-state index contributed by atoms with van der Waals surface area (Å²) in [5, 5.41) is 4.99. The Hall–Kier alpha value is -2.10. The second-order valence-electron chi connectivity index (χ2n) is 6.47. The van der Waals surface area contributed by atoms with E-state index in [2.05, 4.69) is 0 Å². The highest BCUT2D eigenvalue weighted by Gasteiger charge is 2.38. The van der Waals surface area contributed by atoms with E-state index in [9.17, 15) is 21.6 Å². The van der Waals surface area contributed by atoms with Gasteiger partial charge in [0.25, 0.3) is 0 Å². The first-order chi connectivity index (χ1) is 12.6. The molecular formula is C18H19F3N2O3S. The summed E-state index contributed by atoms with van der Waals surface area (Å²) in [6.07, 6.45) is -5.42. The van der Waals surface area contributed by atoms with E-state index in [1.54, 1.807) is 11.8 Å². The van der Waals surface area contributed by atoms with Gasteiger partial charge in [-0.05, 0) is 30.7 Å². The van der Waals surface area contributed by atoms with Gasteiger partial charge in [-0.25, -0.2) is 13.6 Å². The minimum absolute atomic E-state index is 0.0917. The Bertz CT molecular complexity index is 917. The van der Waals surface area contributed by atoms with E-state index in [1.165, 1.54) is 0 Å². The topological polar surface area (TPSA) is 72.6 Å². The molecule has 2 N–H and O–H groups in total. The second-order valence-corrected chi connectivity index (χ2v) is 8.03. The predicted octanol–water partition coefficient (Wildman–Crippen LogP) is 3.32. The van der Waals surface area contributed by atoms with Gasteiger partial charge in [0.15, 0.2) is 0 Å². The predicted molar refractivity (Wildman–Crippen MR) is 94.8 cm³/mol. The van der Waals surface area contributed by atoms with Crippen LogP contribution in [0.15, 0.2) is 53.4 Å². The second kappa shape index (κ2) is 7.14. The Balaban J connectivity index is 2.01. The van der Waals surface area contributed by atoms with Crippen LogP contribution in [0, 0.1) is 0 Å². The van der Waals surface area contributed by atoms with Gasteiger partial charge in [-0.15, -0.1) is 0 Å². The zero-order valence-corrected chi connectivity index (χ0v) is 15.3. The van der Waals surface area contributed by atoms with E-state index in [4.69, 9.17) is 9.88 Å². The number of anilines is 1. The Kier molecular flexibility index (Phi) is 5.20. The minimum Gasteiger partial charge on any atom is -0.367 e. The molecule has 1 fully saturated rings. The summed E-state index contributed by atoms with van der Waals surface area (Å²) in [6, 6.07) is 12.1. The Morgan fingerprint density at radius 2 is 1.78 bits per heavy atom. The summed E-state index contributed by atoms with van der Waals surface area (Å²) in [5.74, 6) is 0. The molecule has 0 aliphatic carbocycles. The zero-order chi connectivity index (χ0) is 19.8. The molecule has 0 spiro atoms. The van der Waals surface area contributed by atoms with E-state index in [-0.39, 0.29) is 24.9 Å². The maximum Gasteiger partial charge on any atom is 0.418 e. The van der Waals surface area contributed by atoms with Crippen LogP contribution in [0.1, 0.15) is 24.2 Å². The van der Waals surface area contributed by atoms with E-state index in [1.807, 2.05) is 30.3 Å². The van der Waals surface area contributed by atoms with Crippen molar-refractivity contribution < 1.29 is 26.3 Å². The van der Waals surface area contributed by atoms with Gasteiger partial charge in [0, 0.05) is 18.8 Å². The molecule has 146 valence electrons. The summed E-state index contributed by atoms with van der Waals surface area (Å²) in [6.45, 7) is 2.25. The fourth-order valence-electron chi connectivity index (χ4n) is 3.19. The van der Waals surface area contributed by atoms with Crippen molar-refractivity contribution in [2.75, 3.05) is 18.0 Å². The Labute approximate surface area is 155 Å². The lowest BCUT2D eigenvalue weighted by atomic mass is 10.0. The van der Waals surface area contributed by atoms with Crippen LogP contribution in [0.4, 0.5) is 18.9 Å². The Morgan fingerprint density at radius 1 is 1.11 bits per heavy atom. The minimum atomic E-state index is -4.72. The Morgan fingerprint density at radius 3 is 2.37 bits per heavy atom. The molecule has 2 atom stereocenters. The largest absolute Gasteiger partial charge is 0.418 e. The molecule has 0 saturated carbocycles. The van der Waals surface area contributed by atoms with Crippen molar-refractivity contribution in [3.63, 3.8) is 0 Å². The summed E-state index contributed by atoms with van der Waals surface area (Å²) >= 11 is 0. The molecule has 2 aromatic carbocycles. The van der Waals surface area contributed by atoms with Crippen LogP contribution in [0.5, 0.6) is 0 Å². The van der Waals surface area contributed by atoms with Crippen LogP contribution in [0.25, 0.3) is 0 Å². The van der Waals surface area contributed by atoms with Crippen molar-refractivity contribution >= 4 is 15.7 Å². The molecule has 1 saturated heterocycles. The number of nitrogens with two attached hydrogens (primary N) is 1. The summed E-state index contributed by atoms with van der Waals surface area (Å²) in [4.78, 5) is 1.00. The first-order valence-corrected chi connectivity index (χ1v) is 9.80. The summed E-state index contributed by atoms with van der Waals surface area (Å²) in [7, 11) is -4.24. The molecule has 0 unspecified atom stereocenters. The SMILES string of the molecule is C[C@@H]1CN(c2ccc(S(N)(=O)=O)cc2C(F)(F)F)C[C@@H](c2ccccc2)O1. The van der Waals surface area contributed by atoms with E-state index < -0.39 is 32.8 Å². The number of hydrogen-bond acceptors (Lipinski definition) is 4. The van der Waals surface area contributed by atoms with Crippen molar-refractivity contribution in [2.24, 2.45) is 5.14 Å². The van der Waals surface area contributed by atoms with Crippen LogP contribution in [0.3, 0.4) is 0 Å². The van der Waals surface area contributed by atoms with Gasteiger partial charge in [-0.2, -0.15) is 13.2 Å². The summed E-state index contributed by atoms with van der Waals surface area (Å²) in [5.41, 5.74) is -0.260. The van der Waals surface area contributed by atoms with E-state index in [0.717, 1.165) is 17.7 Å². The molecular weight excluding hydrogens is 381 g/mol. The zero-order valence-electron chi connectivity index (χ0n) is 14.5. The number of hydrogen-bond donors (Lipinski definition) is 1. The van der Waals surface area contributed by atoms with Crippen LogP contribution >= 0.6 is 0 Å². The molecule has 1 aliphatic rings. The number of morpholine rings is 1. The molecule has 0 amide bonds. The third-order valence-corrected chi connectivity index (χ3v) is 5.29. The van der Waals surface area contributed by atoms with Gasteiger partial charge >= 0.3 is 6.18 Å². The van der Waals surface area contributed by atoms with Crippen LogP contribution in [-0.4, -0.2) is 27.6 Å². The average Bonchev–Trinajstić information content (AvgIpc) is 2.60. The molecule has 0 radical (unpaired) electrons. The third-order valence-electron chi connectivity index (χ3n) is 4.37. The van der Waals surface area contributed by atoms with Gasteiger partial charge in [-0.3, -0.25) is 0 Å². The van der Waals surface area contributed by atoms with Crippen LogP contribution < -0.4 is 10.0 Å². The van der Waals surface area contributed by atoms with Crippen molar-refractivity contribution in [2.45, 2.75) is 30.2 Å². The van der Waals surface area contributed by atoms with Crippen molar-refractivity contribution in [3.8, 4) is 0 Å². The lowest BCUT2D eigenvalue weighted by molar-refractivity contribution is -0.137. The van der Waals surface area contributed by atoms with Gasteiger partial charge < -0.3 is 9.64 Å². The maximum atomic E-state index is 13.6. The molecule has 1 heterocycles. The number of halogens is 3. The highest BCUT2D eigenvalue weighted by Crippen LogP contribution is 2.40. The van der Waals surface area contributed by atoms with Crippen molar-refractivity contribution in [1.82, 2.24) is 0 Å². The highest BCUT2D eigenvalue weighted by molar-refractivity contribution is 7.89. The van der Waals surface area contributed by atoms with Crippen LogP contribution in [-0.2, 0) is 20.9 Å². The van der Waals surface area contributed by atoms with Gasteiger partial charge in [0.2, 0.25) is 10.0 Å². The number of benzene rings is 2. The van der Waals surface area contributed by atoms with Crippen molar-refractivity contribution in [3.05, 3.63) is 59.7 Å². The lowest BCUT2D eigenvalue weighted by Gasteiger charge is -2.39. The number of nitrogens with zero attached hydrogens (tertiary/aromatic N) is 1. The maximum absolute atomic E-state index is 13.6. The standard InChI is InChI=1S/C18H19F3N2O3S/c1-12-10-23(11-17(26-12)13-5-3-2-4-6-13)16-8-7-14(27(22,24)25)9-15(16)18(19,20)21/h2-9,12,17H,10-11H2,1H3,(H2,22,24,25)/t12-,17+/m1/s1. The highest BCUT2D eigenvalue weighted by atomic mass is 32.2. The molecule has 27 heavy (non-hydrogen) atoms. The number of alkyl halides is 3. The molecule has 0 bridgehead atoms. The molecule has 3 rings (SSSR count). The monoisotopic (exact) mass is 400 g/mol. The third kappa shape index (κ3) is 4.42. The molecule has 1 aliphatic heterocycles. The van der Waals surface area contributed by atoms with Crippen molar-refractivity contribution in [1.29, 1.82) is 0 Å². The average molecular weight is 400 g/mol. The number of rotatable bonds is 3. The molecule has 9 heteroatoms. The number of primary sulfonamides is 1. The quantitative estimate of drug-likeness (QED) is 0.858. The number of ether oxygens (including phenoxy) is 1. The molecule has 5 nitrogen and oxygen atoms in total. The van der Waals surface area contributed by atoms with Crippen LogP contribution in [0.2, 0.25) is 0 Å². The fraction of sp³-hybridized carbons (Fsp3) is 0.333. The first-order valence-electron chi connectivity index (χ1n) is 8.25. The normalized spacial score (nSPS) is 21.3. The van der Waals surface area contributed by atoms with Gasteiger partial charge in [0.05, 0.1) is 16.6 Å². The fourth-order valence-corrected chi connectivity index (χ4v) is 3.73. The van der Waals surface area contributed by atoms with E-state index in [0.29, 0.717) is 6.07 Å². The smallest absolute Gasteiger partial charge is 0.367 e. The first kappa shape index (κ1) is 19.7. The van der Waals surface area contributed by atoms with E-state index >= 15 is 0 Å². The van der Waals surface area contributed by atoms with Gasteiger partial charge in [0.1, 0.15) is 6.10 Å². The summed E-state index contributed by atoms with van der Waals surface area (Å²) < 4.78 is 69.6. The molecule has 2 aromatic rings. The molecule has 0 aromatic heterocycles. The van der Waals surface area contributed by atoms with Gasteiger partial charge in [-0.1, -0.05) is 30.3 Å². The number of sulfonamides is 1.